The van der Waals surface area contributed by atoms with E-state index >= 15 is 0 Å². The number of nitrogens with zero attached hydrogens (tertiary/aromatic N) is 1. The summed E-state index contributed by atoms with van der Waals surface area (Å²) in [5, 5.41) is 2.98. The Morgan fingerprint density at radius 1 is 0.737 bits per heavy atom. The van der Waals surface area contributed by atoms with Gasteiger partial charge in [-0.1, -0.05) is 121 Å². The van der Waals surface area contributed by atoms with Crippen molar-refractivity contribution in [1.29, 1.82) is 0 Å². The standard InChI is InChI=1S/C34H36N2O2/c1-3-35-34(38)32(23-27-15-7-4-8-16-27)36(25-28-17-13-14-26(2)22-28)33(37)24-31(29-18-9-5-10-19-29)30-20-11-6-12-21-30/h4-22,31-32H,3,23-25H2,1-2H3,(H,35,38)/t32-/m1/s1. The Morgan fingerprint density at radius 2 is 1.29 bits per heavy atom. The Kier molecular flexibility index (Phi) is 9.47. The van der Waals surface area contributed by atoms with Crippen LogP contribution in [0.2, 0.25) is 0 Å². The first kappa shape index (κ1) is 26.9. The van der Waals surface area contributed by atoms with E-state index < -0.39 is 6.04 Å². The van der Waals surface area contributed by atoms with Gasteiger partial charge in [-0.2, -0.15) is 0 Å². The molecule has 0 spiro atoms. The molecule has 0 aliphatic rings. The summed E-state index contributed by atoms with van der Waals surface area (Å²) >= 11 is 0. The Balaban J connectivity index is 1.72. The van der Waals surface area contributed by atoms with E-state index in [9.17, 15) is 9.59 Å². The summed E-state index contributed by atoms with van der Waals surface area (Å²) in [7, 11) is 0. The average molecular weight is 505 g/mol. The normalized spacial score (nSPS) is 11.7. The van der Waals surface area contributed by atoms with Gasteiger partial charge in [-0.25, -0.2) is 0 Å². The second-order valence-corrected chi connectivity index (χ2v) is 9.69. The monoisotopic (exact) mass is 504 g/mol. The predicted molar refractivity (Wildman–Crippen MR) is 154 cm³/mol. The maximum absolute atomic E-state index is 14.3. The molecule has 2 amide bonds. The van der Waals surface area contributed by atoms with E-state index in [1.165, 1.54) is 0 Å². The maximum Gasteiger partial charge on any atom is 0.243 e. The zero-order valence-electron chi connectivity index (χ0n) is 22.2. The van der Waals surface area contributed by atoms with Crippen molar-refractivity contribution in [1.82, 2.24) is 10.2 Å². The van der Waals surface area contributed by atoms with Crippen molar-refractivity contribution in [3.8, 4) is 0 Å². The molecule has 38 heavy (non-hydrogen) atoms. The summed E-state index contributed by atoms with van der Waals surface area (Å²) < 4.78 is 0. The van der Waals surface area contributed by atoms with Gasteiger partial charge in [-0.05, 0) is 36.1 Å². The molecule has 0 saturated heterocycles. The van der Waals surface area contributed by atoms with Crippen molar-refractivity contribution in [3.63, 3.8) is 0 Å². The number of aryl methyl sites for hydroxylation is 1. The minimum absolute atomic E-state index is 0.0450. The SMILES string of the molecule is CCNC(=O)[C@@H](Cc1ccccc1)N(Cc1cccc(C)c1)C(=O)CC(c1ccccc1)c1ccccc1. The highest BCUT2D eigenvalue weighted by Crippen LogP contribution is 2.30. The topological polar surface area (TPSA) is 49.4 Å². The first-order valence-electron chi connectivity index (χ1n) is 13.3. The Hall–Kier alpha value is -4.18. The molecule has 0 radical (unpaired) electrons. The number of nitrogens with one attached hydrogen (secondary N) is 1. The molecule has 0 heterocycles. The highest BCUT2D eigenvalue weighted by molar-refractivity contribution is 5.88. The van der Waals surface area contributed by atoms with Crippen LogP contribution in [0.3, 0.4) is 0 Å². The van der Waals surface area contributed by atoms with Crippen LogP contribution in [0.1, 0.15) is 47.1 Å². The van der Waals surface area contributed by atoms with Gasteiger partial charge < -0.3 is 10.2 Å². The summed E-state index contributed by atoms with van der Waals surface area (Å²) in [6.45, 7) is 4.82. The van der Waals surface area contributed by atoms with Crippen LogP contribution in [-0.2, 0) is 22.6 Å². The summed E-state index contributed by atoms with van der Waals surface area (Å²) in [5.74, 6) is -0.291. The number of carbonyl (C=O) groups excluding carboxylic acids is 2. The molecule has 1 atom stereocenters. The van der Waals surface area contributed by atoms with Gasteiger partial charge in [0.1, 0.15) is 6.04 Å². The molecular formula is C34H36N2O2. The van der Waals surface area contributed by atoms with Gasteiger partial charge in [0.05, 0.1) is 0 Å². The van der Waals surface area contributed by atoms with Gasteiger partial charge >= 0.3 is 0 Å². The van der Waals surface area contributed by atoms with E-state index in [2.05, 4.69) is 35.6 Å². The molecule has 4 aromatic rings. The van der Waals surface area contributed by atoms with Crippen molar-refractivity contribution in [2.45, 2.75) is 45.2 Å². The van der Waals surface area contributed by atoms with E-state index in [4.69, 9.17) is 0 Å². The third kappa shape index (κ3) is 7.19. The van der Waals surface area contributed by atoms with E-state index in [-0.39, 0.29) is 24.2 Å². The van der Waals surface area contributed by atoms with Crippen molar-refractivity contribution in [3.05, 3.63) is 143 Å². The third-order valence-corrected chi connectivity index (χ3v) is 6.84. The molecule has 0 unspecified atom stereocenters. The van der Waals surface area contributed by atoms with E-state index in [0.717, 1.165) is 27.8 Å². The number of likely N-dealkylation sites (N-methyl/N-ethyl adjacent to an activating group) is 1. The Morgan fingerprint density at radius 3 is 1.84 bits per heavy atom. The highest BCUT2D eigenvalue weighted by atomic mass is 16.2. The number of amides is 2. The van der Waals surface area contributed by atoms with Crippen LogP contribution in [0, 0.1) is 6.92 Å². The smallest absolute Gasteiger partial charge is 0.243 e. The molecule has 194 valence electrons. The maximum atomic E-state index is 14.3. The summed E-state index contributed by atoms with van der Waals surface area (Å²) in [6, 6.07) is 37.7. The van der Waals surface area contributed by atoms with Gasteiger partial charge in [-0.15, -0.1) is 0 Å². The second kappa shape index (κ2) is 13.4. The van der Waals surface area contributed by atoms with Gasteiger partial charge in [-0.3, -0.25) is 9.59 Å². The van der Waals surface area contributed by atoms with Gasteiger partial charge in [0, 0.05) is 31.8 Å². The second-order valence-electron chi connectivity index (χ2n) is 9.69. The summed E-state index contributed by atoms with van der Waals surface area (Å²) in [6.07, 6.45) is 0.718. The molecule has 4 rings (SSSR count). The first-order valence-corrected chi connectivity index (χ1v) is 13.3. The lowest BCUT2D eigenvalue weighted by Crippen LogP contribution is -2.50. The van der Waals surface area contributed by atoms with Crippen LogP contribution < -0.4 is 5.32 Å². The number of carbonyl (C=O) groups is 2. The fourth-order valence-corrected chi connectivity index (χ4v) is 4.94. The highest BCUT2D eigenvalue weighted by Gasteiger charge is 2.32. The Bertz CT molecular complexity index is 1270. The number of hydrogen-bond donors (Lipinski definition) is 1. The largest absolute Gasteiger partial charge is 0.355 e. The van der Waals surface area contributed by atoms with Gasteiger partial charge in [0.2, 0.25) is 11.8 Å². The molecular weight excluding hydrogens is 468 g/mol. The number of rotatable bonds is 11. The molecule has 0 fully saturated rings. The quantitative estimate of drug-likeness (QED) is 0.261. The first-order chi connectivity index (χ1) is 18.5. The molecule has 4 heteroatoms. The molecule has 0 aliphatic carbocycles. The fraction of sp³-hybridized carbons (Fsp3) is 0.235. The van der Waals surface area contributed by atoms with E-state index in [1.54, 1.807) is 4.90 Å². The van der Waals surface area contributed by atoms with Crippen LogP contribution in [-0.4, -0.2) is 29.3 Å². The fourth-order valence-electron chi connectivity index (χ4n) is 4.94. The lowest BCUT2D eigenvalue weighted by Gasteiger charge is -2.33. The predicted octanol–water partition coefficient (Wildman–Crippen LogP) is 6.29. The zero-order chi connectivity index (χ0) is 26.7. The van der Waals surface area contributed by atoms with Crippen LogP contribution in [0.5, 0.6) is 0 Å². The average Bonchev–Trinajstić information content (AvgIpc) is 2.95. The summed E-state index contributed by atoms with van der Waals surface area (Å²) in [5.41, 5.74) is 5.32. The lowest BCUT2D eigenvalue weighted by molar-refractivity contribution is -0.141. The molecule has 0 aliphatic heterocycles. The molecule has 0 saturated carbocycles. The van der Waals surface area contributed by atoms with Gasteiger partial charge in [0.25, 0.3) is 0 Å². The van der Waals surface area contributed by atoms with Crippen molar-refractivity contribution in [2.24, 2.45) is 0 Å². The minimum Gasteiger partial charge on any atom is -0.355 e. The molecule has 4 nitrogen and oxygen atoms in total. The number of benzene rings is 4. The number of hydrogen-bond acceptors (Lipinski definition) is 2. The van der Waals surface area contributed by atoms with Crippen LogP contribution >= 0.6 is 0 Å². The van der Waals surface area contributed by atoms with E-state index in [0.29, 0.717) is 19.5 Å². The van der Waals surface area contributed by atoms with Crippen molar-refractivity contribution in [2.75, 3.05) is 6.54 Å². The van der Waals surface area contributed by atoms with Crippen LogP contribution in [0.15, 0.2) is 115 Å². The van der Waals surface area contributed by atoms with Gasteiger partial charge in [0.15, 0.2) is 0 Å². The minimum atomic E-state index is -0.627. The van der Waals surface area contributed by atoms with Crippen molar-refractivity contribution < 1.29 is 9.59 Å². The zero-order valence-corrected chi connectivity index (χ0v) is 22.2. The van der Waals surface area contributed by atoms with Crippen LogP contribution in [0.25, 0.3) is 0 Å². The van der Waals surface area contributed by atoms with Crippen LogP contribution in [0.4, 0.5) is 0 Å². The lowest BCUT2D eigenvalue weighted by atomic mass is 9.87. The molecule has 0 aromatic heterocycles. The van der Waals surface area contributed by atoms with E-state index in [1.807, 2.05) is 98.8 Å². The molecule has 1 N–H and O–H groups in total. The summed E-state index contributed by atoms with van der Waals surface area (Å²) in [4.78, 5) is 29.5. The van der Waals surface area contributed by atoms with Crippen molar-refractivity contribution >= 4 is 11.8 Å². The third-order valence-electron chi connectivity index (χ3n) is 6.84. The molecule has 4 aromatic carbocycles. The molecule has 0 bridgehead atoms. The Labute approximate surface area is 226 Å².